The van der Waals surface area contributed by atoms with Crippen molar-refractivity contribution in [3.05, 3.63) is 35.3 Å². The van der Waals surface area contributed by atoms with Gasteiger partial charge in [-0.05, 0) is 49.1 Å². The average Bonchev–Trinajstić information content (AvgIpc) is 3.64. The fraction of sp³-hybridized carbons (Fsp3) is 0.591. The first kappa shape index (κ1) is 24.1. The molecule has 1 amide bonds. The molecule has 3 aliphatic rings. The van der Waals surface area contributed by atoms with Gasteiger partial charge in [-0.2, -0.15) is 18.3 Å². The van der Waals surface area contributed by atoms with E-state index < -0.39 is 50.3 Å². The number of aromatic nitrogens is 3. The Morgan fingerprint density at radius 1 is 1.29 bits per heavy atom. The summed E-state index contributed by atoms with van der Waals surface area (Å²) in [5.74, 6) is -4.55. The molecule has 0 aliphatic heterocycles. The molecule has 190 valence electrons. The van der Waals surface area contributed by atoms with Crippen LogP contribution in [0.15, 0.2) is 23.4 Å². The summed E-state index contributed by atoms with van der Waals surface area (Å²) in [7, 11) is -3.22. The number of amides is 1. The van der Waals surface area contributed by atoms with Gasteiger partial charge in [-0.15, -0.1) is 0 Å². The van der Waals surface area contributed by atoms with Crippen LogP contribution in [0.1, 0.15) is 66.2 Å². The number of hydrogen-bond donors (Lipinski definition) is 2. The van der Waals surface area contributed by atoms with Crippen LogP contribution in [0.25, 0.3) is 0 Å². The minimum Gasteiger partial charge on any atom is -0.320 e. The van der Waals surface area contributed by atoms with Gasteiger partial charge in [-0.25, -0.2) is 22.8 Å². The molecule has 0 aromatic carbocycles. The standard InChI is InChI=1S/C22H24F5N5O2S/c1-35(28,34)15-8-14(4-7-29-15)30-19(33)18-16(22(25,26)27)17(12-2-3-12)31-32(18)11-20-5-6-21(23,24)10-13(20)9-20/h4,7-8,12-13,28H,2-3,5-6,9-11H2,1H3,(H,29,30,33). The van der Waals surface area contributed by atoms with Crippen LogP contribution >= 0.6 is 0 Å². The SMILES string of the molecule is CS(=N)(=O)c1cc(NC(=O)c2c(C(F)(F)F)c(C3CC3)nn2CC23CCC(F)(F)CC2C3)ccn1. The van der Waals surface area contributed by atoms with E-state index in [2.05, 4.69) is 15.4 Å². The molecule has 2 aromatic heterocycles. The summed E-state index contributed by atoms with van der Waals surface area (Å²) in [6.45, 7) is -0.0383. The normalized spacial score (nSPS) is 27.1. The van der Waals surface area contributed by atoms with E-state index in [1.165, 1.54) is 18.3 Å². The molecule has 3 saturated carbocycles. The second-order valence-corrected chi connectivity index (χ2v) is 12.1. The van der Waals surface area contributed by atoms with E-state index in [9.17, 15) is 31.0 Å². The lowest BCUT2D eigenvalue weighted by Crippen LogP contribution is -2.30. The second kappa shape index (κ2) is 7.71. The van der Waals surface area contributed by atoms with E-state index in [0.717, 1.165) is 10.9 Å². The fourth-order valence-corrected chi connectivity index (χ4v) is 5.74. The quantitative estimate of drug-likeness (QED) is 0.509. The smallest absolute Gasteiger partial charge is 0.320 e. The predicted octanol–water partition coefficient (Wildman–Crippen LogP) is 5.29. The fourth-order valence-electron chi connectivity index (χ4n) is 5.13. The van der Waals surface area contributed by atoms with Crippen molar-refractivity contribution >= 4 is 21.3 Å². The maximum absolute atomic E-state index is 14.2. The monoisotopic (exact) mass is 517 g/mol. The van der Waals surface area contributed by atoms with Gasteiger partial charge >= 0.3 is 6.18 Å². The Morgan fingerprint density at radius 3 is 2.60 bits per heavy atom. The number of anilines is 1. The molecule has 3 unspecified atom stereocenters. The molecule has 3 aliphatic carbocycles. The zero-order valence-electron chi connectivity index (χ0n) is 18.8. The number of nitrogens with one attached hydrogen (secondary N) is 2. The van der Waals surface area contributed by atoms with Crippen molar-refractivity contribution in [1.82, 2.24) is 14.8 Å². The number of pyridine rings is 1. The van der Waals surface area contributed by atoms with Crippen LogP contribution in [0, 0.1) is 16.1 Å². The highest BCUT2D eigenvalue weighted by atomic mass is 32.2. The molecule has 2 N–H and O–H groups in total. The first-order chi connectivity index (χ1) is 16.2. The molecular weight excluding hydrogens is 493 g/mol. The van der Waals surface area contributed by atoms with Crippen LogP contribution in [0.2, 0.25) is 0 Å². The first-order valence-electron chi connectivity index (χ1n) is 11.3. The number of fused-ring (bicyclic) bond motifs is 1. The summed E-state index contributed by atoms with van der Waals surface area (Å²) in [5, 5.41) is 6.50. The summed E-state index contributed by atoms with van der Waals surface area (Å²) in [6.07, 6.45) is -1.45. The number of rotatable bonds is 6. The van der Waals surface area contributed by atoms with Crippen LogP contribution in [0.4, 0.5) is 27.6 Å². The number of halogens is 5. The third-order valence-corrected chi connectivity index (χ3v) is 8.21. The lowest BCUT2D eigenvalue weighted by molar-refractivity contribution is -0.138. The average molecular weight is 518 g/mol. The molecule has 2 aromatic rings. The highest BCUT2D eigenvalue weighted by Crippen LogP contribution is 2.65. The van der Waals surface area contributed by atoms with Gasteiger partial charge in [-0.1, -0.05) is 0 Å². The van der Waals surface area contributed by atoms with Crippen LogP contribution in [-0.2, 0) is 22.5 Å². The van der Waals surface area contributed by atoms with Crippen LogP contribution in [-0.4, -0.2) is 37.1 Å². The van der Waals surface area contributed by atoms with Crippen LogP contribution in [0.3, 0.4) is 0 Å². The topological polar surface area (TPSA) is 101 Å². The summed E-state index contributed by atoms with van der Waals surface area (Å²) in [4.78, 5) is 17.1. The molecule has 13 heteroatoms. The maximum Gasteiger partial charge on any atom is 0.420 e. The summed E-state index contributed by atoms with van der Waals surface area (Å²) in [5.41, 5.74) is -2.49. The Bertz CT molecular complexity index is 1300. The van der Waals surface area contributed by atoms with Gasteiger partial charge in [0.1, 0.15) is 16.3 Å². The van der Waals surface area contributed by atoms with Gasteiger partial charge < -0.3 is 5.32 Å². The molecule has 3 fully saturated rings. The third kappa shape index (κ3) is 4.66. The Hall–Kier alpha value is -2.57. The van der Waals surface area contributed by atoms with Gasteiger partial charge in [0.25, 0.3) is 5.91 Å². The number of carbonyl (C=O) groups is 1. The highest BCUT2D eigenvalue weighted by molar-refractivity contribution is 7.91. The molecule has 0 spiro atoms. The van der Waals surface area contributed by atoms with Gasteiger partial charge in [0.2, 0.25) is 5.92 Å². The summed E-state index contributed by atoms with van der Waals surface area (Å²) in [6, 6.07) is 2.50. The largest absolute Gasteiger partial charge is 0.420 e. The minimum atomic E-state index is -4.84. The Kier molecular flexibility index (Phi) is 5.32. The number of carbonyl (C=O) groups excluding carboxylic acids is 1. The van der Waals surface area contributed by atoms with E-state index >= 15 is 0 Å². The number of hydrogen-bond acceptors (Lipinski definition) is 5. The van der Waals surface area contributed by atoms with E-state index in [0.29, 0.717) is 19.3 Å². The molecule has 2 heterocycles. The summed E-state index contributed by atoms with van der Waals surface area (Å²) >= 11 is 0. The van der Waals surface area contributed by atoms with Gasteiger partial charge in [0.15, 0.2) is 0 Å². The highest BCUT2D eigenvalue weighted by Gasteiger charge is 2.61. The molecule has 3 atom stereocenters. The molecule has 5 rings (SSSR count). The minimum absolute atomic E-state index is 0.0374. The van der Waals surface area contributed by atoms with E-state index in [1.54, 1.807) is 0 Å². The molecule has 0 radical (unpaired) electrons. The van der Waals surface area contributed by atoms with Crippen LogP contribution < -0.4 is 5.32 Å². The van der Waals surface area contributed by atoms with Crippen molar-refractivity contribution in [3.8, 4) is 0 Å². The lowest BCUT2D eigenvalue weighted by Gasteiger charge is -2.28. The zero-order chi connectivity index (χ0) is 25.4. The van der Waals surface area contributed by atoms with Crippen molar-refractivity contribution in [2.24, 2.45) is 11.3 Å². The Morgan fingerprint density at radius 2 is 2.00 bits per heavy atom. The predicted molar refractivity (Wildman–Crippen MR) is 116 cm³/mol. The molecule has 0 saturated heterocycles. The summed E-state index contributed by atoms with van der Waals surface area (Å²) < 4.78 is 91.0. The molecule has 7 nitrogen and oxygen atoms in total. The van der Waals surface area contributed by atoms with Crippen molar-refractivity contribution in [2.45, 2.75) is 68.1 Å². The first-order valence-corrected chi connectivity index (χ1v) is 13.2. The molecular formula is C22H24F5N5O2S. The van der Waals surface area contributed by atoms with Gasteiger partial charge in [-0.3, -0.25) is 9.48 Å². The number of alkyl halides is 5. The van der Waals surface area contributed by atoms with Crippen molar-refractivity contribution in [1.29, 1.82) is 4.78 Å². The third-order valence-electron chi connectivity index (χ3n) is 7.19. The van der Waals surface area contributed by atoms with E-state index in [1.807, 2.05) is 0 Å². The molecule has 35 heavy (non-hydrogen) atoms. The Labute approximate surface area is 198 Å². The lowest BCUT2D eigenvalue weighted by atomic mass is 9.86. The van der Waals surface area contributed by atoms with Crippen molar-refractivity contribution in [2.75, 3.05) is 11.6 Å². The van der Waals surface area contributed by atoms with E-state index in [4.69, 9.17) is 4.78 Å². The number of nitrogens with zero attached hydrogens (tertiary/aromatic N) is 3. The maximum atomic E-state index is 14.2. The van der Waals surface area contributed by atoms with Crippen molar-refractivity contribution < 1.29 is 31.0 Å². The van der Waals surface area contributed by atoms with Gasteiger partial charge in [0, 0.05) is 43.4 Å². The van der Waals surface area contributed by atoms with Crippen LogP contribution in [0.5, 0.6) is 0 Å². The van der Waals surface area contributed by atoms with Crippen molar-refractivity contribution in [3.63, 3.8) is 0 Å². The Balaban J connectivity index is 1.52. The second-order valence-electron chi connectivity index (χ2n) is 10.0. The molecule has 0 bridgehead atoms. The zero-order valence-corrected chi connectivity index (χ0v) is 19.6. The van der Waals surface area contributed by atoms with Gasteiger partial charge in [0.05, 0.1) is 15.4 Å². The van der Waals surface area contributed by atoms with E-state index in [-0.39, 0.29) is 48.1 Å².